The van der Waals surface area contributed by atoms with E-state index in [0.29, 0.717) is 58.7 Å². The maximum Gasteiger partial charge on any atom is 1.00 e. The Morgan fingerprint density at radius 3 is 2.59 bits per heavy atom. The molecule has 3 heterocycles. The van der Waals surface area contributed by atoms with Crippen molar-refractivity contribution in [3.63, 3.8) is 0 Å². The number of aromatic nitrogens is 4. The predicted molar refractivity (Wildman–Crippen MR) is 157 cm³/mol. The Labute approximate surface area is 296 Å². The largest absolute Gasteiger partial charge is 1.00 e. The summed E-state index contributed by atoms with van der Waals surface area (Å²) in [7, 11) is 0. The molecule has 226 valence electrons. The van der Waals surface area contributed by atoms with E-state index < -0.39 is 17.8 Å². The number of fused-ring (bicyclic) bond motifs is 1. The SMILES string of the molecule is CCCc1c(Cc2ccc(-c3ccccc3C3=NC(O)ON3)cc2F)c(=O)n(C2CC(OCC(C)(C)O)C2)c2ncnn12.[K+]. The van der Waals surface area contributed by atoms with Gasteiger partial charge in [-0.15, -0.1) is 0 Å². The topological polar surface area (TPSA) is 136 Å². The zero-order chi connectivity index (χ0) is 30.3. The monoisotopic (exact) mass is 629 g/mol. The molecule has 44 heavy (non-hydrogen) atoms. The summed E-state index contributed by atoms with van der Waals surface area (Å²) < 4.78 is 25.0. The van der Waals surface area contributed by atoms with Gasteiger partial charge >= 0.3 is 51.4 Å². The number of hydroxylamine groups is 1. The second-order valence-electron chi connectivity index (χ2n) is 11.7. The Morgan fingerprint density at radius 2 is 1.93 bits per heavy atom. The fraction of sp³-hybridized carbons (Fsp3) is 0.419. The fourth-order valence-corrected chi connectivity index (χ4v) is 5.67. The number of aliphatic imine (C=N–C) groups is 1. The van der Waals surface area contributed by atoms with Crippen LogP contribution in [0, 0.1) is 5.82 Å². The van der Waals surface area contributed by atoms with E-state index in [0.717, 1.165) is 12.1 Å². The first-order valence-electron chi connectivity index (χ1n) is 14.5. The number of hydrogen-bond donors (Lipinski definition) is 3. The molecule has 1 fully saturated rings. The first-order valence-corrected chi connectivity index (χ1v) is 14.5. The van der Waals surface area contributed by atoms with Gasteiger partial charge in [-0.2, -0.15) is 10.1 Å². The summed E-state index contributed by atoms with van der Waals surface area (Å²) in [6.07, 6.45) is 2.73. The van der Waals surface area contributed by atoms with Crippen LogP contribution < -0.4 is 62.4 Å². The van der Waals surface area contributed by atoms with Crippen LogP contribution in [0.4, 0.5) is 4.39 Å². The van der Waals surface area contributed by atoms with Crippen molar-refractivity contribution in [2.75, 3.05) is 6.61 Å². The third kappa shape index (κ3) is 6.76. The maximum absolute atomic E-state index is 15.8. The number of aliphatic hydroxyl groups excluding tert-OH is 1. The standard InChI is InChI=1S/C31H35FN6O5.K/c1-4-7-26-24(28(39)37(29-33-17-34-38(26)29)20-14-21(15-20)42-16-31(2,3)41)12-19-11-10-18(13-25(19)32)22-8-5-6-9-23(22)27-35-30(40)43-36-27;/h5-6,8-11,13,17,20-21,30,40-41H,4,7,12,14-16H2,1-3H3,(H,35,36);/q;+1. The molecule has 2 aromatic heterocycles. The zero-order valence-corrected chi connectivity index (χ0v) is 28.4. The first-order chi connectivity index (χ1) is 20.6. The Hall–Kier alpha value is -2.33. The van der Waals surface area contributed by atoms with Crippen molar-refractivity contribution in [2.45, 2.75) is 77.0 Å². The van der Waals surface area contributed by atoms with Crippen molar-refractivity contribution in [2.24, 2.45) is 4.99 Å². The summed E-state index contributed by atoms with van der Waals surface area (Å²) >= 11 is 0. The molecule has 1 saturated carbocycles. The molecule has 0 bridgehead atoms. The fourth-order valence-electron chi connectivity index (χ4n) is 5.67. The first kappa shape index (κ1) is 33.0. The molecule has 2 aromatic carbocycles. The van der Waals surface area contributed by atoms with Crippen LogP contribution in [0.1, 0.15) is 68.5 Å². The summed E-state index contributed by atoms with van der Waals surface area (Å²) in [5.74, 6) is 0.371. The van der Waals surface area contributed by atoms with Gasteiger partial charge in [-0.25, -0.2) is 24.2 Å². The number of halogens is 1. The van der Waals surface area contributed by atoms with Crippen LogP contribution in [-0.2, 0) is 22.4 Å². The smallest absolute Gasteiger partial charge is 0.388 e. The molecule has 1 aliphatic carbocycles. The van der Waals surface area contributed by atoms with Gasteiger partial charge in [0.05, 0.1) is 24.0 Å². The third-order valence-corrected chi connectivity index (χ3v) is 7.83. The molecule has 0 radical (unpaired) electrons. The number of aliphatic hydroxyl groups is 2. The van der Waals surface area contributed by atoms with E-state index in [2.05, 4.69) is 20.6 Å². The molecule has 3 N–H and O–H groups in total. The molecule has 0 spiro atoms. The van der Waals surface area contributed by atoms with Gasteiger partial charge in [0.1, 0.15) is 12.1 Å². The number of rotatable bonds is 10. The van der Waals surface area contributed by atoms with E-state index in [1.807, 2.05) is 37.3 Å². The van der Waals surface area contributed by atoms with E-state index in [1.165, 1.54) is 12.4 Å². The third-order valence-electron chi connectivity index (χ3n) is 7.83. The number of benzene rings is 2. The van der Waals surface area contributed by atoms with E-state index in [9.17, 15) is 15.0 Å². The average molecular weight is 630 g/mol. The van der Waals surface area contributed by atoms with Crippen LogP contribution in [0.2, 0.25) is 0 Å². The minimum atomic E-state index is -1.31. The van der Waals surface area contributed by atoms with Crippen LogP contribution in [0.5, 0.6) is 0 Å². The Kier molecular flexibility index (Phi) is 10.2. The Morgan fingerprint density at radius 1 is 1.18 bits per heavy atom. The predicted octanol–water partition coefficient (Wildman–Crippen LogP) is 0.293. The minimum absolute atomic E-state index is 0. The van der Waals surface area contributed by atoms with Gasteiger partial charge in [0.15, 0.2) is 5.84 Å². The summed E-state index contributed by atoms with van der Waals surface area (Å²) in [5, 5.41) is 24.1. The Bertz CT molecular complexity index is 1740. The number of aryl methyl sites for hydroxylation is 1. The molecular weight excluding hydrogens is 594 g/mol. The number of nitrogens with one attached hydrogen (secondary N) is 1. The molecule has 6 rings (SSSR count). The van der Waals surface area contributed by atoms with Crippen LogP contribution in [0.15, 0.2) is 58.6 Å². The van der Waals surface area contributed by atoms with Gasteiger partial charge in [-0.3, -0.25) is 9.36 Å². The van der Waals surface area contributed by atoms with E-state index in [4.69, 9.17) is 9.57 Å². The van der Waals surface area contributed by atoms with Crippen LogP contribution >= 0.6 is 0 Å². The molecule has 2 aliphatic rings. The van der Waals surface area contributed by atoms with E-state index >= 15 is 4.39 Å². The molecule has 0 amide bonds. The van der Waals surface area contributed by atoms with E-state index in [1.54, 1.807) is 29.0 Å². The van der Waals surface area contributed by atoms with Crippen molar-refractivity contribution in [1.29, 1.82) is 0 Å². The van der Waals surface area contributed by atoms with Gasteiger partial charge in [0.25, 0.3) is 12.0 Å². The minimum Gasteiger partial charge on any atom is -0.388 e. The number of hydrogen-bond acceptors (Lipinski definition) is 9. The van der Waals surface area contributed by atoms with Crippen molar-refractivity contribution < 1.29 is 75.6 Å². The van der Waals surface area contributed by atoms with Gasteiger partial charge in [-0.1, -0.05) is 49.7 Å². The molecule has 4 aromatic rings. The number of nitrogens with zero attached hydrogens (tertiary/aromatic N) is 5. The van der Waals surface area contributed by atoms with Crippen LogP contribution in [0.3, 0.4) is 0 Å². The summed E-state index contributed by atoms with van der Waals surface area (Å²) in [5.41, 5.74) is 5.05. The summed E-state index contributed by atoms with van der Waals surface area (Å²) in [6, 6.07) is 12.1. The quantitative estimate of drug-likeness (QED) is 0.213. The van der Waals surface area contributed by atoms with Crippen molar-refractivity contribution in [3.05, 3.63) is 87.3 Å². The zero-order valence-electron chi connectivity index (χ0n) is 25.3. The second-order valence-corrected chi connectivity index (χ2v) is 11.7. The number of amidine groups is 1. The number of ether oxygens (including phenoxy) is 1. The van der Waals surface area contributed by atoms with Crippen molar-refractivity contribution in [1.82, 2.24) is 24.6 Å². The second kappa shape index (κ2) is 13.6. The van der Waals surface area contributed by atoms with Gasteiger partial charge in [-0.05, 0) is 55.9 Å². The maximum atomic E-state index is 15.8. The van der Waals surface area contributed by atoms with Gasteiger partial charge in [0.2, 0.25) is 5.78 Å². The average Bonchev–Trinajstić information content (AvgIpc) is 3.61. The molecule has 0 saturated heterocycles. The van der Waals surface area contributed by atoms with E-state index in [-0.39, 0.29) is 82.1 Å². The Balaban J connectivity index is 0.00000384. The molecular formula is C31H35FKN6O5+. The molecule has 1 atom stereocenters. The molecule has 11 nitrogen and oxygen atoms in total. The van der Waals surface area contributed by atoms with Crippen molar-refractivity contribution in [3.8, 4) is 11.1 Å². The normalized spacial score (nSPS) is 19.8. The molecule has 1 unspecified atom stereocenters. The van der Waals surface area contributed by atoms with Crippen LogP contribution in [0.25, 0.3) is 16.9 Å². The van der Waals surface area contributed by atoms with Crippen molar-refractivity contribution >= 4 is 11.6 Å². The molecule has 13 heteroatoms. The van der Waals surface area contributed by atoms with Crippen LogP contribution in [-0.4, -0.2) is 59.9 Å². The van der Waals surface area contributed by atoms with Gasteiger partial charge in [0, 0.05) is 23.6 Å². The molecule has 1 aliphatic heterocycles. The van der Waals surface area contributed by atoms with Gasteiger partial charge < -0.3 is 14.9 Å². The summed E-state index contributed by atoms with van der Waals surface area (Å²) in [4.78, 5) is 27.5. The summed E-state index contributed by atoms with van der Waals surface area (Å²) in [6.45, 7) is 5.62.